The fourth-order valence-corrected chi connectivity index (χ4v) is 0.170. The van der Waals surface area contributed by atoms with Gasteiger partial charge < -0.3 is 5.21 Å². The van der Waals surface area contributed by atoms with Crippen LogP contribution in [0.15, 0.2) is 5.10 Å². The Hall–Kier alpha value is -0.650. The third-order valence-corrected chi connectivity index (χ3v) is 0.597. The summed E-state index contributed by atoms with van der Waals surface area (Å²) < 4.78 is 0. The van der Waals surface area contributed by atoms with Crippen molar-refractivity contribution in [1.82, 2.24) is 10.5 Å². The van der Waals surface area contributed by atoms with Crippen LogP contribution in [-0.4, -0.2) is 31.3 Å². The summed E-state index contributed by atoms with van der Waals surface area (Å²) in [6, 6.07) is 0. The van der Waals surface area contributed by atoms with Gasteiger partial charge in [-0.15, -0.1) is 0 Å². The van der Waals surface area contributed by atoms with E-state index in [9.17, 15) is 5.21 Å². The number of hydrazine groups is 1. The summed E-state index contributed by atoms with van der Waals surface area (Å²) in [4.78, 5) is 4.17. The van der Waals surface area contributed by atoms with Gasteiger partial charge in [-0.1, -0.05) is 0 Å². The van der Waals surface area contributed by atoms with Crippen molar-refractivity contribution in [2.45, 2.75) is 0 Å². The lowest BCUT2D eigenvalue weighted by molar-refractivity contribution is -0.220. The molecule has 0 radical (unpaired) electrons. The summed E-state index contributed by atoms with van der Waals surface area (Å²) in [5, 5.41) is 14.6. The first kappa shape index (κ1) is 7.35. The maximum absolute atomic E-state index is 10.2. The lowest BCUT2D eigenvalue weighted by Gasteiger charge is -2.30. The van der Waals surface area contributed by atoms with Gasteiger partial charge in [-0.2, -0.15) is 10.4 Å². The second-order valence-corrected chi connectivity index (χ2v) is 1.05. The Morgan fingerprint density at radius 2 is 2.25 bits per heavy atom. The second-order valence-electron chi connectivity index (χ2n) is 1.05. The molecule has 8 heavy (non-hydrogen) atoms. The maximum Gasteiger partial charge on any atom is 0.0585 e. The van der Waals surface area contributed by atoms with Gasteiger partial charge in [-0.3, -0.25) is 4.84 Å². The topological polar surface area (TPSA) is 51.1 Å². The highest BCUT2D eigenvalue weighted by atomic mass is 16.9. The number of hydrazone groups is 1. The van der Waals surface area contributed by atoms with Crippen molar-refractivity contribution < 1.29 is 4.84 Å². The molecule has 0 bridgehead atoms. The van der Waals surface area contributed by atoms with E-state index in [2.05, 4.69) is 16.7 Å². The monoisotopic (exact) mass is 118 g/mol. The standard InChI is InChI=1S/C3H8N3O2/c1-4-5(2)6(7)8-3/h1H2,2-3H3/q-1. The number of hydrogen-bond donors (Lipinski definition) is 0. The fraction of sp³-hybridized carbons (Fsp3) is 0.667. The van der Waals surface area contributed by atoms with Crippen LogP contribution in [0.3, 0.4) is 0 Å². The first-order valence-corrected chi connectivity index (χ1v) is 1.94. The van der Waals surface area contributed by atoms with Crippen LogP contribution in [0.2, 0.25) is 0 Å². The molecule has 0 amide bonds. The van der Waals surface area contributed by atoms with Crippen LogP contribution in [-0.2, 0) is 4.84 Å². The molecule has 0 N–H and O–H groups in total. The van der Waals surface area contributed by atoms with Gasteiger partial charge >= 0.3 is 0 Å². The van der Waals surface area contributed by atoms with Crippen LogP contribution in [0.1, 0.15) is 0 Å². The molecule has 0 aromatic rings. The molecule has 48 valence electrons. The van der Waals surface area contributed by atoms with Crippen molar-refractivity contribution >= 4 is 6.72 Å². The van der Waals surface area contributed by atoms with Crippen molar-refractivity contribution in [2.24, 2.45) is 5.10 Å². The zero-order valence-electron chi connectivity index (χ0n) is 4.87. The van der Waals surface area contributed by atoms with Crippen LogP contribution in [0, 0.1) is 5.21 Å². The van der Waals surface area contributed by atoms with E-state index in [1.807, 2.05) is 0 Å². The van der Waals surface area contributed by atoms with E-state index in [-0.39, 0.29) is 5.34 Å². The van der Waals surface area contributed by atoms with Gasteiger partial charge in [0.25, 0.3) is 0 Å². The average Bonchev–Trinajstić information content (AvgIpc) is 1.84. The number of hydrogen-bond acceptors (Lipinski definition) is 5. The molecule has 0 saturated heterocycles. The second kappa shape index (κ2) is 3.36. The molecule has 0 aliphatic heterocycles. The predicted molar refractivity (Wildman–Crippen MR) is 29.5 cm³/mol. The Morgan fingerprint density at radius 3 is 2.38 bits per heavy atom. The van der Waals surface area contributed by atoms with Crippen LogP contribution in [0.5, 0.6) is 0 Å². The maximum atomic E-state index is 10.2. The van der Waals surface area contributed by atoms with Crippen molar-refractivity contribution in [1.29, 1.82) is 0 Å². The molecule has 5 heteroatoms. The summed E-state index contributed by atoms with van der Waals surface area (Å²) in [6.07, 6.45) is 0. The molecule has 0 spiro atoms. The highest BCUT2D eigenvalue weighted by Crippen LogP contribution is 1.88. The fourth-order valence-electron chi connectivity index (χ4n) is 0.170. The lowest BCUT2D eigenvalue weighted by Crippen LogP contribution is -2.29. The summed E-state index contributed by atoms with van der Waals surface area (Å²) in [5.74, 6) is 0. The van der Waals surface area contributed by atoms with Gasteiger partial charge in [-0.05, 0) is 0 Å². The third-order valence-electron chi connectivity index (χ3n) is 0.597. The molecule has 0 aromatic heterocycles. The van der Waals surface area contributed by atoms with Gasteiger partial charge in [0.05, 0.1) is 7.11 Å². The Bertz CT molecular complexity index is 76.9. The van der Waals surface area contributed by atoms with E-state index < -0.39 is 0 Å². The van der Waals surface area contributed by atoms with E-state index in [1.165, 1.54) is 14.2 Å². The Kier molecular flexibility index (Phi) is 3.09. The minimum absolute atomic E-state index is 0.201. The number of rotatable bonds is 3. The van der Waals surface area contributed by atoms with Crippen LogP contribution < -0.4 is 0 Å². The van der Waals surface area contributed by atoms with Gasteiger partial charge in [0.1, 0.15) is 0 Å². The molecule has 0 aliphatic rings. The zero-order chi connectivity index (χ0) is 6.57. The largest absolute Gasteiger partial charge is 0.742 e. The van der Waals surface area contributed by atoms with E-state index in [4.69, 9.17) is 0 Å². The van der Waals surface area contributed by atoms with Crippen molar-refractivity contribution in [3.05, 3.63) is 5.21 Å². The quantitative estimate of drug-likeness (QED) is 0.380. The minimum Gasteiger partial charge on any atom is -0.742 e. The molecule has 0 saturated carbocycles. The molecule has 0 atom stereocenters. The van der Waals surface area contributed by atoms with E-state index in [0.29, 0.717) is 0 Å². The molecule has 0 fully saturated rings. The van der Waals surface area contributed by atoms with Crippen molar-refractivity contribution in [3.63, 3.8) is 0 Å². The van der Waals surface area contributed by atoms with Crippen LogP contribution in [0.25, 0.3) is 0 Å². The first-order valence-electron chi connectivity index (χ1n) is 1.94. The molecule has 5 nitrogen and oxygen atoms in total. The summed E-state index contributed by atoms with van der Waals surface area (Å²) in [7, 11) is 2.66. The molecule has 0 unspecified atom stereocenters. The van der Waals surface area contributed by atoms with Gasteiger partial charge in [0, 0.05) is 13.8 Å². The van der Waals surface area contributed by atoms with Crippen molar-refractivity contribution in [2.75, 3.05) is 14.2 Å². The molecule has 0 heterocycles. The highest BCUT2D eigenvalue weighted by molar-refractivity contribution is 5.22. The third kappa shape index (κ3) is 1.87. The van der Waals surface area contributed by atoms with Gasteiger partial charge in [0.2, 0.25) is 0 Å². The molecule has 0 aliphatic carbocycles. The van der Waals surface area contributed by atoms with Gasteiger partial charge in [-0.25, -0.2) is 5.12 Å². The SMILES string of the molecule is C=NN(C)N([O-])OC. The summed E-state index contributed by atoms with van der Waals surface area (Å²) in [6.45, 7) is 3.08. The summed E-state index contributed by atoms with van der Waals surface area (Å²) in [5.41, 5.74) is 0. The van der Waals surface area contributed by atoms with E-state index >= 15 is 0 Å². The van der Waals surface area contributed by atoms with Gasteiger partial charge in [0.15, 0.2) is 0 Å². The van der Waals surface area contributed by atoms with Crippen LogP contribution in [0.4, 0.5) is 0 Å². The highest BCUT2D eigenvalue weighted by Gasteiger charge is 1.87. The van der Waals surface area contributed by atoms with E-state index in [1.54, 1.807) is 0 Å². The van der Waals surface area contributed by atoms with Crippen LogP contribution >= 0.6 is 0 Å². The molecular formula is C3H8N3O2-. The Morgan fingerprint density at radius 1 is 1.75 bits per heavy atom. The lowest BCUT2D eigenvalue weighted by atomic mass is 11.4. The summed E-state index contributed by atoms with van der Waals surface area (Å²) >= 11 is 0. The predicted octanol–water partition coefficient (Wildman–Crippen LogP) is -0.190. The molecule has 0 rings (SSSR count). The average molecular weight is 118 g/mol. The number of nitrogens with zero attached hydrogens (tertiary/aromatic N) is 3. The van der Waals surface area contributed by atoms with E-state index in [0.717, 1.165) is 5.12 Å². The molecular weight excluding hydrogens is 110 g/mol. The minimum atomic E-state index is 0.201. The normalized spacial score (nSPS) is 9.50. The first-order chi connectivity index (χ1) is 3.72. The molecule has 0 aromatic carbocycles. The smallest absolute Gasteiger partial charge is 0.0585 e. The van der Waals surface area contributed by atoms with Crippen molar-refractivity contribution in [3.8, 4) is 0 Å². The Labute approximate surface area is 47.6 Å². The zero-order valence-corrected chi connectivity index (χ0v) is 4.87. The Balaban J connectivity index is 3.44.